The summed E-state index contributed by atoms with van der Waals surface area (Å²) >= 11 is 0. The maximum Gasteiger partial charge on any atom is 0.310 e. The first kappa shape index (κ1) is 24.7. The highest BCUT2D eigenvalue weighted by Crippen LogP contribution is 2.33. The van der Waals surface area contributed by atoms with Crippen LogP contribution in [0.4, 0.5) is 22.7 Å². The van der Waals surface area contributed by atoms with Gasteiger partial charge in [0, 0.05) is 25.5 Å². The number of esters is 2. The van der Waals surface area contributed by atoms with Crippen molar-refractivity contribution in [2.24, 2.45) is 0 Å². The summed E-state index contributed by atoms with van der Waals surface area (Å²) in [6.45, 7) is 4.17. The number of benzene rings is 2. The quantitative estimate of drug-likeness (QED) is 0.334. The molecular weight excluding hydrogens is 436 g/mol. The maximum absolute atomic E-state index is 12.5. The Morgan fingerprint density at radius 3 is 1.26 bits per heavy atom. The number of hydrogen-bond donors (Lipinski definition) is 0. The second kappa shape index (κ2) is 10.8. The first-order chi connectivity index (χ1) is 16.3. The first-order valence-electron chi connectivity index (χ1n) is 11.1. The van der Waals surface area contributed by atoms with Crippen LogP contribution >= 0.6 is 0 Å². The molecule has 0 heterocycles. The van der Waals surface area contributed by atoms with E-state index in [0.29, 0.717) is 36.0 Å². The SMILES string of the molecule is CCOC(=O)Cc1ccc(N(C)c2c(N(C)c3ccc(CC(=O)OCC)cc3)c(=O)c2=O)cc1. The van der Waals surface area contributed by atoms with E-state index >= 15 is 0 Å². The van der Waals surface area contributed by atoms with E-state index in [9.17, 15) is 19.2 Å². The van der Waals surface area contributed by atoms with Crippen LogP contribution in [0.25, 0.3) is 0 Å². The first-order valence-corrected chi connectivity index (χ1v) is 11.1. The fourth-order valence-corrected chi connectivity index (χ4v) is 3.68. The molecule has 0 atom stereocenters. The fraction of sp³-hybridized carbons (Fsp3) is 0.308. The summed E-state index contributed by atoms with van der Waals surface area (Å²) in [5.74, 6) is -0.605. The van der Waals surface area contributed by atoms with Gasteiger partial charge in [-0.2, -0.15) is 0 Å². The summed E-state index contributed by atoms with van der Waals surface area (Å²) in [5, 5.41) is 0. The van der Waals surface area contributed by atoms with Crippen LogP contribution in [0.15, 0.2) is 58.1 Å². The van der Waals surface area contributed by atoms with Crippen LogP contribution < -0.4 is 20.7 Å². The zero-order valence-corrected chi connectivity index (χ0v) is 19.8. The van der Waals surface area contributed by atoms with Gasteiger partial charge in [-0.3, -0.25) is 19.2 Å². The second-order valence-corrected chi connectivity index (χ2v) is 7.77. The zero-order valence-electron chi connectivity index (χ0n) is 19.8. The molecule has 0 saturated carbocycles. The number of carbonyl (C=O) groups is 2. The van der Waals surface area contributed by atoms with Crippen molar-refractivity contribution in [3.8, 4) is 0 Å². The molecule has 34 heavy (non-hydrogen) atoms. The minimum absolute atomic E-state index is 0.165. The predicted molar refractivity (Wildman–Crippen MR) is 131 cm³/mol. The summed E-state index contributed by atoms with van der Waals surface area (Å²) in [6.07, 6.45) is 0.330. The molecule has 0 unspecified atom stereocenters. The molecule has 8 heteroatoms. The topological polar surface area (TPSA) is 93.2 Å². The Labute approximate surface area is 198 Å². The minimum Gasteiger partial charge on any atom is -0.466 e. The molecule has 0 fully saturated rings. The van der Waals surface area contributed by atoms with Crippen molar-refractivity contribution >= 4 is 34.7 Å². The maximum atomic E-state index is 12.5. The van der Waals surface area contributed by atoms with Gasteiger partial charge in [-0.1, -0.05) is 24.3 Å². The van der Waals surface area contributed by atoms with Crippen molar-refractivity contribution in [1.82, 2.24) is 0 Å². The van der Waals surface area contributed by atoms with Crippen LogP contribution in [0, 0.1) is 0 Å². The van der Waals surface area contributed by atoms with Gasteiger partial charge < -0.3 is 19.3 Å². The van der Waals surface area contributed by atoms with Crippen LogP contribution in [0.1, 0.15) is 25.0 Å². The highest BCUT2D eigenvalue weighted by molar-refractivity contribution is 5.84. The molecule has 0 radical (unpaired) electrons. The Morgan fingerprint density at radius 1 is 0.647 bits per heavy atom. The van der Waals surface area contributed by atoms with Crippen molar-refractivity contribution in [1.29, 1.82) is 0 Å². The van der Waals surface area contributed by atoms with E-state index in [1.807, 2.05) is 0 Å². The Kier molecular flexibility index (Phi) is 7.83. The average Bonchev–Trinajstić information content (AvgIpc) is 2.82. The summed E-state index contributed by atoms with van der Waals surface area (Å²) in [4.78, 5) is 51.6. The largest absolute Gasteiger partial charge is 0.466 e. The average molecular weight is 465 g/mol. The van der Waals surface area contributed by atoms with Gasteiger partial charge in [0.25, 0.3) is 10.9 Å². The molecule has 0 saturated heterocycles. The third kappa shape index (κ3) is 5.33. The highest BCUT2D eigenvalue weighted by Gasteiger charge is 2.28. The molecule has 178 valence electrons. The van der Waals surface area contributed by atoms with Gasteiger partial charge in [-0.05, 0) is 49.2 Å². The number of nitrogens with zero attached hydrogens (tertiary/aromatic N) is 2. The van der Waals surface area contributed by atoms with E-state index < -0.39 is 10.9 Å². The molecule has 0 aliphatic carbocycles. The summed E-state index contributed by atoms with van der Waals surface area (Å²) < 4.78 is 9.93. The summed E-state index contributed by atoms with van der Waals surface area (Å²) in [7, 11) is 3.44. The van der Waals surface area contributed by atoms with Crippen molar-refractivity contribution in [3.05, 3.63) is 80.1 Å². The molecular formula is C26H28N2O6. The number of anilines is 4. The Hall–Kier alpha value is -3.94. The van der Waals surface area contributed by atoms with Gasteiger partial charge in [0.1, 0.15) is 11.4 Å². The molecule has 3 aromatic rings. The molecule has 0 N–H and O–H groups in total. The van der Waals surface area contributed by atoms with Gasteiger partial charge in [0.15, 0.2) is 0 Å². The van der Waals surface area contributed by atoms with Gasteiger partial charge in [0.05, 0.1) is 26.1 Å². The third-order valence-corrected chi connectivity index (χ3v) is 5.49. The fourth-order valence-electron chi connectivity index (χ4n) is 3.68. The second-order valence-electron chi connectivity index (χ2n) is 7.77. The Balaban J connectivity index is 1.78. The summed E-state index contributed by atoms with van der Waals surface area (Å²) in [6, 6.07) is 14.3. The van der Waals surface area contributed by atoms with Crippen LogP contribution in [-0.4, -0.2) is 39.2 Å². The molecule has 3 aromatic carbocycles. The van der Waals surface area contributed by atoms with Gasteiger partial charge in [-0.15, -0.1) is 0 Å². The lowest BCUT2D eigenvalue weighted by atomic mass is 10.1. The molecule has 0 amide bonds. The van der Waals surface area contributed by atoms with E-state index in [0.717, 1.165) is 11.1 Å². The molecule has 8 nitrogen and oxygen atoms in total. The van der Waals surface area contributed by atoms with E-state index in [-0.39, 0.29) is 24.8 Å². The number of ether oxygens (including phenoxy) is 2. The van der Waals surface area contributed by atoms with Crippen LogP contribution in [-0.2, 0) is 31.9 Å². The molecule has 0 spiro atoms. The number of carbonyl (C=O) groups excluding carboxylic acids is 2. The Bertz CT molecular complexity index is 1130. The standard InChI is InChI=1S/C26H28N2O6/c1-5-33-21(29)15-17-7-11-19(12-8-17)27(3)23-24(26(32)25(23)31)28(4)20-13-9-18(10-14-20)16-22(30)34-6-2/h7-14H,5-6,15-16H2,1-4H3. The lowest BCUT2D eigenvalue weighted by Crippen LogP contribution is -2.41. The van der Waals surface area contributed by atoms with E-state index in [1.54, 1.807) is 86.3 Å². The van der Waals surface area contributed by atoms with Crippen LogP contribution in [0.3, 0.4) is 0 Å². The summed E-state index contributed by atoms with van der Waals surface area (Å²) in [5.41, 5.74) is 2.47. The number of hydrogen-bond acceptors (Lipinski definition) is 8. The van der Waals surface area contributed by atoms with Gasteiger partial charge in [-0.25, -0.2) is 0 Å². The minimum atomic E-state index is -0.557. The van der Waals surface area contributed by atoms with Crippen molar-refractivity contribution < 1.29 is 19.1 Å². The van der Waals surface area contributed by atoms with Crippen LogP contribution in [0.2, 0.25) is 0 Å². The van der Waals surface area contributed by atoms with Crippen molar-refractivity contribution in [2.75, 3.05) is 37.1 Å². The lowest BCUT2D eigenvalue weighted by Gasteiger charge is -2.28. The molecule has 0 aliphatic heterocycles. The van der Waals surface area contributed by atoms with Crippen molar-refractivity contribution in [2.45, 2.75) is 26.7 Å². The van der Waals surface area contributed by atoms with E-state index in [1.165, 1.54) is 0 Å². The monoisotopic (exact) mass is 464 g/mol. The van der Waals surface area contributed by atoms with Gasteiger partial charge in [0.2, 0.25) is 0 Å². The molecule has 0 aliphatic rings. The lowest BCUT2D eigenvalue weighted by molar-refractivity contribution is -0.143. The van der Waals surface area contributed by atoms with E-state index in [4.69, 9.17) is 9.47 Å². The molecule has 0 bridgehead atoms. The number of rotatable bonds is 10. The highest BCUT2D eigenvalue weighted by atomic mass is 16.5. The van der Waals surface area contributed by atoms with Crippen molar-refractivity contribution in [3.63, 3.8) is 0 Å². The smallest absolute Gasteiger partial charge is 0.310 e. The molecule has 0 aromatic heterocycles. The van der Waals surface area contributed by atoms with Crippen LogP contribution in [0.5, 0.6) is 0 Å². The van der Waals surface area contributed by atoms with Gasteiger partial charge >= 0.3 is 11.9 Å². The van der Waals surface area contributed by atoms with E-state index in [2.05, 4.69) is 0 Å². The predicted octanol–water partition coefficient (Wildman–Crippen LogP) is 3.03. The molecule has 3 rings (SSSR count). The zero-order chi connectivity index (χ0) is 24.8. The third-order valence-electron chi connectivity index (χ3n) is 5.49. The Morgan fingerprint density at radius 2 is 0.971 bits per heavy atom. The normalized spacial score (nSPS) is 10.7.